The maximum atomic E-state index is 3.19. The number of hydrogen-bond acceptors (Lipinski definition) is 2. The van der Waals surface area contributed by atoms with Crippen LogP contribution in [-0.4, -0.2) is 24.4 Å². The summed E-state index contributed by atoms with van der Waals surface area (Å²) in [5, 5.41) is 3.19. The summed E-state index contributed by atoms with van der Waals surface area (Å²) in [5.74, 6) is 0. The highest BCUT2D eigenvalue weighted by Crippen LogP contribution is 2.16. The van der Waals surface area contributed by atoms with Gasteiger partial charge in [-0.05, 0) is 19.9 Å². The highest BCUT2D eigenvalue weighted by Gasteiger charge is 2.11. The topological polar surface area (TPSA) is 15.3 Å². The highest BCUT2D eigenvalue weighted by molar-refractivity contribution is 7.13. The van der Waals surface area contributed by atoms with Crippen LogP contribution in [0.5, 0.6) is 0 Å². The van der Waals surface area contributed by atoms with Crippen LogP contribution in [0.2, 0.25) is 0 Å². The SMILES string of the molecule is CCCCC(CCC)N(P)CNC. The molecule has 0 aromatic rings. The molecule has 0 radical (unpaired) electrons. The van der Waals surface area contributed by atoms with Gasteiger partial charge in [0.1, 0.15) is 0 Å². The van der Waals surface area contributed by atoms with E-state index in [1.54, 1.807) is 0 Å². The van der Waals surface area contributed by atoms with Crippen LogP contribution in [0.4, 0.5) is 0 Å². The molecular weight excluding hydrogens is 179 g/mol. The van der Waals surface area contributed by atoms with Crippen molar-refractivity contribution in [1.82, 2.24) is 9.99 Å². The lowest BCUT2D eigenvalue weighted by molar-refractivity contribution is 0.295. The van der Waals surface area contributed by atoms with Crippen LogP contribution in [0.25, 0.3) is 0 Å². The Kier molecular flexibility index (Phi) is 9.17. The molecule has 0 aliphatic heterocycles. The first-order chi connectivity index (χ1) is 6.26. The summed E-state index contributed by atoms with van der Waals surface area (Å²) in [6, 6.07) is 0.738. The molecule has 2 unspecified atom stereocenters. The van der Waals surface area contributed by atoms with Gasteiger partial charge in [-0.3, -0.25) is 4.67 Å². The van der Waals surface area contributed by atoms with Crippen LogP contribution < -0.4 is 5.32 Å². The van der Waals surface area contributed by atoms with Crippen LogP contribution >= 0.6 is 9.39 Å². The maximum absolute atomic E-state index is 3.19. The fourth-order valence-electron chi connectivity index (χ4n) is 1.56. The van der Waals surface area contributed by atoms with Crippen LogP contribution in [0.1, 0.15) is 46.0 Å². The summed E-state index contributed by atoms with van der Waals surface area (Å²) >= 11 is 0. The first kappa shape index (κ1) is 13.4. The van der Waals surface area contributed by atoms with Gasteiger partial charge in [-0.1, -0.05) is 42.5 Å². The number of rotatable bonds is 8. The molecule has 0 rings (SSSR count). The Labute approximate surface area is 85.7 Å². The van der Waals surface area contributed by atoms with Crippen molar-refractivity contribution in [3.8, 4) is 0 Å². The Morgan fingerprint density at radius 3 is 2.38 bits per heavy atom. The average Bonchev–Trinajstić information content (AvgIpc) is 2.12. The van der Waals surface area contributed by atoms with Gasteiger partial charge in [0, 0.05) is 6.04 Å². The summed E-state index contributed by atoms with van der Waals surface area (Å²) in [6.45, 7) is 5.49. The van der Waals surface area contributed by atoms with Crippen molar-refractivity contribution >= 4 is 9.39 Å². The van der Waals surface area contributed by atoms with E-state index in [9.17, 15) is 0 Å². The fourth-order valence-corrected chi connectivity index (χ4v) is 2.04. The summed E-state index contributed by atoms with van der Waals surface area (Å²) in [4.78, 5) is 0. The number of unbranched alkanes of at least 4 members (excludes halogenated alkanes) is 1. The van der Waals surface area contributed by atoms with Gasteiger partial charge in [-0.15, -0.1) is 0 Å². The molecule has 0 bridgehead atoms. The predicted octanol–water partition coefficient (Wildman–Crippen LogP) is 2.61. The molecule has 0 aliphatic rings. The first-order valence-electron chi connectivity index (χ1n) is 5.42. The van der Waals surface area contributed by atoms with Gasteiger partial charge in [0.25, 0.3) is 0 Å². The van der Waals surface area contributed by atoms with Gasteiger partial charge >= 0.3 is 0 Å². The molecule has 0 amide bonds. The standard InChI is InChI=1S/C10H25N2P/c1-4-6-8-10(7-5-2)12(13)9-11-3/h10-11H,4-9,13H2,1-3H3. The van der Waals surface area contributed by atoms with E-state index in [1.165, 1.54) is 32.1 Å². The van der Waals surface area contributed by atoms with Gasteiger partial charge in [0.2, 0.25) is 0 Å². The van der Waals surface area contributed by atoms with Gasteiger partial charge < -0.3 is 5.32 Å². The quantitative estimate of drug-likeness (QED) is 0.483. The van der Waals surface area contributed by atoms with Crippen molar-refractivity contribution < 1.29 is 0 Å². The minimum atomic E-state index is 0.738. The predicted molar refractivity (Wildman–Crippen MR) is 63.7 cm³/mol. The lowest BCUT2D eigenvalue weighted by atomic mass is 10.1. The van der Waals surface area contributed by atoms with Crippen LogP contribution in [0, 0.1) is 0 Å². The molecule has 0 saturated heterocycles. The lowest BCUT2D eigenvalue weighted by Gasteiger charge is -2.27. The van der Waals surface area contributed by atoms with Crippen molar-refractivity contribution in [2.75, 3.05) is 13.7 Å². The smallest absolute Gasteiger partial charge is 0.0513 e. The second-order valence-electron chi connectivity index (χ2n) is 3.61. The summed E-state index contributed by atoms with van der Waals surface area (Å²) in [5.41, 5.74) is 0. The van der Waals surface area contributed by atoms with Crippen molar-refractivity contribution in [2.45, 2.75) is 52.0 Å². The van der Waals surface area contributed by atoms with E-state index in [0.29, 0.717) is 0 Å². The van der Waals surface area contributed by atoms with Gasteiger partial charge in [0.15, 0.2) is 0 Å². The molecule has 0 spiro atoms. The Hall–Kier alpha value is 0.350. The highest BCUT2D eigenvalue weighted by atomic mass is 31.0. The summed E-state index contributed by atoms with van der Waals surface area (Å²) < 4.78 is 2.35. The van der Waals surface area contributed by atoms with Gasteiger partial charge in [0.05, 0.1) is 6.67 Å². The van der Waals surface area contributed by atoms with Crippen LogP contribution in [-0.2, 0) is 0 Å². The number of nitrogens with zero attached hydrogens (tertiary/aromatic N) is 1. The van der Waals surface area contributed by atoms with Crippen molar-refractivity contribution in [3.63, 3.8) is 0 Å². The summed E-state index contributed by atoms with van der Waals surface area (Å²) in [6.07, 6.45) is 6.57. The Bertz CT molecular complexity index is 109. The molecule has 0 aromatic carbocycles. The van der Waals surface area contributed by atoms with Crippen LogP contribution in [0.15, 0.2) is 0 Å². The van der Waals surface area contributed by atoms with Crippen molar-refractivity contribution in [1.29, 1.82) is 0 Å². The molecule has 0 aromatic heterocycles. The minimum absolute atomic E-state index is 0.738. The molecule has 2 nitrogen and oxygen atoms in total. The zero-order chi connectivity index (χ0) is 10.1. The van der Waals surface area contributed by atoms with Crippen molar-refractivity contribution in [3.05, 3.63) is 0 Å². The monoisotopic (exact) mass is 204 g/mol. The normalized spacial score (nSPS) is 13.6. The minimum Gasteiger partial charge on any atom is -0.307 e. The second kappa shape index (κ2) is 8.93. The average molecular weight is 204 g/mol. The molecule has 13 heavy (non-hydrogen) atoms. The molecule has 0 heterocycles. The third-order valence-corrected chi connectivity index (χ3v) is 2.93. The largest absolute Gasteiger partial charge is 0.307 e. The second-order valence-corrected chi connectivity index (χ2v) is 4.27. The van der Waals surface area contributed by atoms with E-state index >= 15 is 0 Å². The molecule has 3 heteroatoms. The van der Waals surface area contributed by atoms with E-state index in [4.69, 9.17) is 0 Å². The van der Waals surface area contributed by atoms with E-state index in [1.807, 2.05) is 7.05 Å². The number of hydrogen-bond donors (Lipinski definition) is 1. The molecular formula is C10H25N2P. The van der Waals surface area contributed by atoms with Gasteiger partial charge in [-0.25, -0.2) is 0 Å². The zero-order valence-electron chi connectivity index (χ0n) is 9.34. The Balaban J connectivity index is 3.75. The van der Waals surface area contributed by atoms with E-state index < -0.39 is 0 Å². The molecule has 1 N–H and O–H groups in total. The molecule has 80 valence electrons. The molecule has 0 aliphatic carbocycles. The molecule has 0 fully saturated rings. The summed E-state index contributed by atoms with van der Waals surface area (Å²) in [7, 11) is 4.83. The van der Waals surface area contributed by atoms with Crippen LogP contribution in [0.3, 0.4) is 0 Å². The first-order valence-corrected chi connectivity index (χ1v) is 5.93. The lowest BCUT2D eigenvalue weighted by Crippen LogP contribution is -2.33. The number of nitrogens with one attached hydrogen (secondary N) is 1. The Morgan fingerprint density at radius 2 is 1.92 bits per heavy atom. The molecule has 0 saturated carbocycles. The zero-order valence-corrected chi connectivity index (χ0v) is 10.5. The molecule has 2 atom stereocenters. The fraction of sp³-hybridized carbons (Fsp3) is 1.00. The van der Waals surface area contributed by atoms with Crippen molar-refractivity contribution in [2.24, 2.45) is 0 Å². The Morgan fingerprint density at radius 1 is 1.23 bits per heavy atom. The van der Waals surface area contributed by atoms with E-state index in [0.717, 1.165) is 12.7 Å². The third-order valence-electron chi connectivity index (χ3n) is 2.32. The van der Waals surface area contributed by atoms with Gasteiger partial charge in [-0.2, -0.15) is 0 Å². The van der Waals surface area contributed by atoms with E-state index in [2.05, 4.69) is 33.2 Å². The van der Waals surface area contributed by atoms with E-state index in [-0.39, 0.29) is 0 Å². The third kappa shape index (κ3) is 6.42. The maximum Gasteiger partial charge on any atom is 0.0513 e.